The minimum atomic E-state index is -0.0371. The van der Waals surface area contributed by atoms with Gasteiger partial charge in [0, 0.05) is 29.9 Å². The first-order valence-electron chi connectivity index (χ1n) is 8.43. The highest BCUT2D eigenvalue weighted by atomic mass is 16.5. The fourth-order valence-corrected chi connectivity index (χ4v) is 2.63. The number of amides is 1. The van der Waals surface area contributed by atoms with Crippen LogP contribution < -0.4 is 15.4 Å². The van der Waals surface area contributed by atoms with Crippen molar-refractivity contribution in [3.05, 3.63) is 41.6 Å². The Labute approximate surface area is 147 Å². The standard InChI is InChI=1S/C19H23N3O3/c1-12-3-4-13(19(24)22-15-5-6-15)9-16(12)14-10-17(25-2)18(21-11-14)20-7-8-23/h3-4,9-11,15,23H,5-8H2,1-2H3,(H,20,21)(H,22,24). The van der Waals surface area contributed by atoms with E-state index in [4.69, 9.17) is 9.84 Å². The molecule has 1 heterocycles. The lowest BCUT2D eigenvalue weighted by Gasteiger charge is -2.13. The monoisotopic (exact) mass is 341 g/mol. The van der Waals surface area contributed by atoms with E-state index in [9.17, 15) is 4.79 Å². The number of nitrogens with one attached hydrogen (secondary N) is 2. The van der Waals surface area contributed by atoms with Crippen LogP contribution in [-0.4, -0.2) is 42.3 Å². The van der Waals surface area contributed by atoms with Crippen molar-refractivity contribution in [3.63, 3.8) is 0 Å². The number of aryl methyl sites for hydroxylation is 1. The van der Waals surface area contributed by atoms with E-state index < -0.39 is 0 Å². The molecule has 6 nitrogen and oxygen atoms in total. The minimum Gasteiger partial charge on any atom is -0.493 e. The molecule has 1 aliphatic carbocycles. The topological polar surface area (TPSA) is 83.5 Å². The summed E-state index contributed by atoms with van der Waals surface area (Å²) in [6, 6.07) is 7.90. The highest BCUT2D eigenvalue weighted by molar-refractivity contribution is 5.96. The molecule has 1 aromatic carbocycles. The van der Waals surface area contributed by atoms with Crippen molar-refractivity contribution in [2.24, 2.45) is 0 Å². The van der Waals surface area contributed by atoms with Gasteiger partial charge in [-0.05, 0) is 49.1 Å². The summed E-state index contributed by atoms with van der Waals surface area (Å²) >= 11 is 0. The van der Waals surface area contributed by atoms with Gasteiger partial charge in [0.1, 0.15) is 0 Å². The number of hydrogen-bond acceptors (Lipinski definition) is 5. The minimum absolute atomic E-state index is 0.0177. The van der Waals surface area contributed by atoms with E-state index in [0.29, 0.717) is 29.7 Å². The van der Waals surface area contributed by atoms with E-state index >= 15 is 0 Å². The van der Waals surface area contributed by atoms with Crippen molar-refractivity contribution < 1.29 is 14.6 Å². The molecule has 1 fully saturated rings. The first-order chi connectivity index (χ1) is 12.1. The quantitative estimate of drug-likeness (QED) is 0.720. The van der Waals surface area contributed by atoms with Gasteiger partial charge in [0.2, 0.25) is 0 Å². The van der Waals surface area contributed by atoms with Gasteiger partial charge in [0.15, 0.2) is 11.6 Å². The van der Waals surface area contributed by atoms with Gasteiger partial charge in [0.05, 0.1) is 13.7 Å². The molecule has 0 spiro atoms. The number of hydrogen-bond donors (Lipinski definition) is 3. The van der Waals surface area contributed by atoms with Crippen molar-refractivity contribution in [1.29, 1.82) is 0 Å². The second-order valence-corrected chi connectivity index (χ2v) is 6.20. The Morgan fingerprint density at radius 2 is 2.16 bits per heavy atom. The van der Waals surface area contributed by atoms with Crippen LogP contribution in [0.25, 0.3) is 11.1 Å². The average molecular weight is 341 g/mol. The average Bonchev–Trinajstić information content (AvgIpc) is 3.44. The van der Waals surface area contributed by atoms with Gasteiger partial charge in [-0.3, -0.25) is 4.79 Å². The second kappa shape index (κ2) is 7.53. The molecule has 1 aliphatic rings. The number of ether oxygens (including phenoxy) is 1. The number of carbonyl (C=O) groups is 1. The van der Waals surface area contributed by atoms with Gasteiger partial charge in [-0.1, -0.05) is 6.07 Å². The van der Waals surface area contributed by atoms with Crippen molar-refractivity contribution >= 4 is 11.7 Å². The third-order valence-corrected chi connectivity index (χ3v) is 4.20. The highest BCUT2D eigenvalue weighted by Crippen LogP contribution is 2.31. The predicted octanol–water partition coefficient (Wildman–Crippen LogP) is 2.36. The van der Waals surface area contributed by atoms with Crippen molar-refractivity contribution in [2.45, 2.75) is 25.8 Å². The number of aliphatic hydroxyl groups excluding tert-OH is 1. The summed E-state index contributed by atoms with van der Waals surface area (Å²) in [7, 11) is 1.58. The molecule has 0 bridgehead atoms. The van der Waals surface area contributed by atoms with Crippen LogP contribution in [0.3, 0.4) is 0 Å². The third-order valence-electron chi connectivity index (χ3n) is 4.20. The summed E-state index contributed by atoms with van der Waals surface area (Å²) in [6.07, 6.45) is 3.87. The molecule has 3 N–H and O–H groups in total. The van der Waals surface area contributed by atoms with Gasteiger partial charge < -0.3 is 20.5 Å². The summed E-state index contributed by atoms with van der Waals surface area (Å²) in [5, 5.41) is 15.0. The molecule has 25 heavy (non-hydrogen) atoms. The molecule has 6 heteroatoms. The van der Waals surface area contributed by atoms with Crippen LogP contribution in [-0.2, 0) is 0 Å². The summed E-state index contributed by atoms with van der Waals surface area (Å²) in [6.45, 7) is 2.42. The molecule has 2 aromatic rings. The summed E-state index contributed by atoms with van der Waals surface area (Å²) in [5.74, 6) is 1.14. The Bertz CT molecular complexity index is 773. The molecule has 132 valence electrons. The Kier molecular flexibility index (Phi) is 5.19. The van der Waals surface area contributed by atoms with Crippen molar-refractivity contribution in [3.8, 4) is 16.9 Å². The maximum Gasteiger partial charge on any atom is 0.251 e. The van der Waals surface area contributed by atoms with Crippen molar-refractivity contribution in [1.82, 2.24) is 10.3 Å². The Morgan fingerprint density at radius 1 is 1.36 bits per heavy atom. The normalized spacial score (nSPS) is 13.4. The number of aromatic nitrogens is 1. The van der Waals surface area contributed by atoms with Gasteiger partial charge in [-0.2, -0.15) is 0 Å². The van der Waals surface area contributed by atoms with Gasteiger partial charge in [-0.25, -0.2) is 4.98 Å². The summed E-state index contributed by atoms with van der Waals surface area (Å²) < 4.78 is 5.40. The van der Waals surface area contributed by atoms with E-state index in [1.54, 1.807) is 13.3 Å². The lowest BCUT2D eigenvalue weighted by Crippen LogP contribution is -2.25. The number of aliphatic hydroxyl groups is 1. The maximum atomic E-state index is 12.3. The number of anilines is 1. The Balaban J connectivity index is 1.90. The van der Waals surface area contributed by atoms with Crippen LogP contribution in [0.1, 0.15) is 28.8 Å². The van der Waals surface area contributed by atoms with Gasteiger partial charge in [0.25, 0.3) is 5.91 Å². The largest absolute Gasteiger partial charge is 0.493 e. The molecule has 3 rings (SSSR count). The Morgan fingerprint density at radius 3 is 2.84 bits per heavy atom. The fourth-order valence-electron chi connectivity index (χ4n) is 2.63. The van der Waals surface area contributed by atoms with Crippen LogP contribution in [0.5, 0.6) is 5.75 Å². The zero-order valence-electron chi connectivity index (χ0n) is 14.5. The first-order valence-corrected chi connectivity index (χ1v) is 8.43. The van der Waals surface area contributed by atoms with E-state index in [-0.39, 0.29) is 12.5 Å². The first kappa shape index (κ1) is 17.2. The van der Waals surface area contributed by atoms with Crippen LogP contribution in [0.4, 0.5) is 5.82 Å². The lowest BCUT2D eigenvalue weighted by atomic mass is 9.99. The van der Waals surface area contributed by atoms with Gasteiger partial charge in [-0.15, -0.1) is 0 Å². The number of nitrogens with zero attached hydrogens (tertiary/aromatic N) is 1. The Hall–Kier alpha value is -2.60. The smallest absolute Gasteiger partial charge is 0.251 e. The van der Waals surface area contributed by atoms with Crippen LogP contribution >= 0.6 is 0 Å². The predicted molar refractivity (Wildman–Crippen MR) is 97.0 cm³/mol. The molecule has 1 aromatic heterocycles. The van der Waals surface area contributed by atoms with Crippen LogP contribution in [0.2, 0.25) is 0 Å². The SMILES string of the molecule is COc1cc(-c2cc(C(=O)NC3CC3)ccc2C)cnc1NCCO. The van der Waals surface area contributed by atoms with Gasteiger partial charge >= 0.3 is 0 Å². The zero-order chi connectivity index (χ0) is 17.8. The number of pyridine rings is 1. The maximum absolute atomic E-state index is 12.3. The molecule has 0 radical (unpaired) electrons. The molecule has 0 saturated heterocycles. The fraction of sp³-hybridized carbons (Fsp3) is 0.368. The number of rotatable bonds is 7. The molecule has 1 saturated carbocycles. The molecule has 0 aliphatic heterocycles. The van der Waals surface area contributed by atoms with E-state index in [1.807, 2.05) is 31.2 Å². The molecule has 1 amide bonds. The molecular weight excluding hydrogens is 318 g/mol. The third kappa shape index (κ3) is 4.09. The molecule has 0 atom stereocenters. The van der Waals surface area contributed by atoms with Crippen LogP contribution in [0, 0.1) is 6.92 Å². The van der Waals surface area contributed by atoms with Crippen molar-refractivity contribution in [2.75, 3.05) is 25.6 Å². The number of carbonyl (C=O) groups excluding carboxylic acids is 1. The summed E-state index contributed by atoms with van der Waals surface area (Å²) in [5.41, 5.74) is 3.53. The van der Waals surface area contributed by atoms with E-state index in [0.717, 1.165) is 29.5 Å². The second-order valence-electron chi connectivity index (χ2n) is 6.20. The summed E-state index contributed by atoms with van der Waals surface area (Å²) in [4.78, 5) is 16.7. The highest BCUT2D eigenvalue weighted by Gasteiger charge is 2.24. The molecular formula is C19H23N3O3. The van der Waals surface area contributed by atoms with Crippen LogP contribution in [0.15, 0.2) is 30.5 Å². The zero-order valence-corrected chi connectivity index (χ0v) is 14.5. The van der Waals surface area contributed by atoms with E-state index in [2.05, 4.69) is 15.6 Å². The number of methoxy groups -OCH3 is 1. The molecule has 0 unspecified atom stereocenters. The number of benzene rings is 1. The lowest BCUT2D eigenvalue weighted by molar-refractivity contribution is 0.0951. The van der Waals surface area contributed by atoms with E-state index in [1.165, 1.54) is 0 Å².